The van der Waals surface area contributed by atoms with E-state index < -0.39 is 0 Å². The van der Waals surface area contributed by atoms with Gasteiger partial charge in [0.1, 0.15) is 16.9 Å². The lowest BCUT2D eigenvalue weighted by molar-refractivity contribution is 0.0747. The highest BCUT2D eigenvalue weighted by Crippen LogP contribution is 2.35. The summed E-state index contributed by atoms with van der Waals surface area (Å²) < 4.78 is 0. The molecule has 0 radical (unpaired) electrons. The van der Waals surface area contributed by atoms with Gasteiger partial charge in [0.15, 0.2) is 5.65 Å². The third-order valence-corrected chi connectivity index (χ3v) is 7.72. The van der Waals surface area contributed by atoms with Gasteiger partial charge in [-0.05, 0) is 41.1 Å². The van der Waals surface area contributed by atoms with Crippen molar-refractivity contribution in [3.63, 3.8) is 0 Å². The quantitative estimate of drug-likeness (QED) is 0.340. The fourth-order valence-corrected chi connectivity index (χ4v) is 5.64. The topological polar surface area (TPSA) is 62.2 Å². The maximum absolute atomic E-state index is 12.8. The van der Waals surface area contributed by atoms with Gasteiger partial charge in [-0.2, -0.15) is 0 Å². The van der Waals surface area contributed by atoms with Gasteiger partial charge in [-0.1, -0.05) is 30.3 Å². The van der Waals surface area contributed by atoms with E-state index in [1.165, 1.54) is 0 Å². The van der Waals surface area contributed by atoms with Crippen molar-refractivity contribution in [3.8, 4) is 21.1 Å². The number of carbonyl (C=O) groups excluding carboxylic acids is 1. The Morgan fingerprint density at radius 2 is 1.47 bits per heavy atom. The van der Waals surface area contributed by atoms with Gasteiger partial charge >= 0.3 is 0 Å². The zero-order valence-corrected chi connectivity index (χ0v) is 19.9. The number of benzene rings is 1. The summed E-state index contributed by atoms with van der Waals surface area (Å²) in [6.45, 7) is 2.86. The van der Waals surface area contributed by atoms with E-state index in [1.54, 1.807) is 22.7 Å². The van der Waals surface area contributed by atoms with Crippen molar-refractivity contribution in [1.29, 1.82) is 0 Å². The van der Waals surface area contributed by atoms with Crippen LogP contribution in [0.3, 0.4) is 0 Å². The Hall–Kier alpha value is -3.62. The number of anilines is 1. The van der Waals surface area contributed by atoms with E-state index in [2.05, 4.69) is 38.8 Å². The van der Waals surface area contributed by atoms with Crippen LogP contribution in [0.1, 0.15) is 10.4 Å². The zero-order chi connectivity index (χ0) is 22.9. The molecule has 0 unspecified atom stereocenters. The van der Waals surface area contributed by atoms with Crippen LogP contribution in [-0.2, 0) is 0 Å². The van der Waals surface area contributed by atoms with Crippen LogP contribution in [0.25, 0.3) is 32.3 Å². The molecule has 1 saturated heterocycles. The minimum Gasteiger partial charge on any atom is -0.367 e. The lowest BCUT2D eigenvalue weighted by Crippen LogP contribution is -2.48. The highest BCUT2D eigenvalue weighted by molar-refractivity contribution is 7.14. The van der Waals surface area contributed by atoms with Crippen molar-refractivity contribution in [1.82, 2.24) is 19.9 Å². The van der Waals surface area contributed by atoms with Crippen LogP contribution in [-0.4, -0.2) is 51.9 Å². The summed E-state index contributed by atoms with van der Waals surface area (Å²) in [5.74, 6) is 0.0875. The number of hydrogen-bond donors (Lipinski definition) is 0. The molecule has 168 valence electrons. The third-order valence-electron chi connectivity index (χ3n) is 5.97. The molecule has 1 aliphatic heterocycles. The molecular weight excluding hydrogens is 462 g/mol. The molecular formula is C26H21N5OS2. The average Bonchev–Trinajstić information content (AvgIpc) is 3.63. The first kappa shape index (κ1) is 20.9. The summed E-state index contributed by atoms with van der Waals surface area (Å²) in [6.07, 6.45) is 1.87. The van der Waals surface area contributed by atoms with Gasteiger partial charge in [0.25, 0.3) is 5.91 Å². The molecule has 0 atom stereocenters. The number of pyridine rings is 1. The average molecular weight is 484 g/mol. The van der Waals surface area contributed by atoms with E-state index in [0.717, 1.165) is 51.0 Å². The first-order valence-electron chi connectivity index (χ1n) is 11.1. The number of nitrogens with zero attached hydrogens (tertiary/aromatic N) is 5. The Morgan fingerprint density at radius 1 is 0.794 bits per heavy atom. The highest BCUT2D eigenvalue weighted by Gasteiger charge is 2.23. The number of hydrogen-bond acceptors (Lipinski definition) is 7. The van der Waals surface area contributed by atoms with Crippen LogP contribution < -0.4 is 4.90 Å². The molecule has 1 aromatic carbocycles. The van der Waals surface area contributed by atoms with E-state index in [4.69, 9.17) is 9.97 Å². The number of thiophene rings is 2. The molecule has 0 bridgehead atoms. The van der Waals surface area contributed by atoms with Crippen LogP contribution in [0.15, 0.2) is 77.6 Å². The summed E-state index contributed by atoms with van der Waals surface area (Å²) in [5, 5.41) is 4.11. The summed E-state index contributed by atoms with van der Waals surface area (Å²) in [7, 11) is 0. The molecule has 4 aromatic heterocycles. The number of amides is 1. The summed E-state index contributed by atoms with van der Waals surface area (Å²) in [5.41, 5.74) is 4.94. The Morgan fingerprint density at radius 3 is 2.12 bits per heavy atom. The Labute approximate surface area is 205 Å². The third kappa shape index (κ3) is 3.95. The molecule has 0 N–H and O–H groups in total. The highest BCUT2D eigenvalue weighted by atomic mass is 32.1. The SMILES string of the molecule is O=C(c1ccccc1)N1CCN(c2cnc3nc(-c4cccs4)c(-c4cccs4)nc3c2)CC1. The molecule has 0 saturated carbocycles. The van der Waals surface area contributed by atoms with Gasteiger partial charge < -0.3 is 9.80 Å². The monoisotopic (exact) mass is 483 g/mol. The number of aromatic nitrogens is 3. The van der Waals surface area contributed by atoms with Crippen LogP contribution in [0.2, 0.25) is 0 Å². The molecule has 5 aromatic rings. The molecule has 5 heterocycles. The molecule has 6 rings (SSSR count). The molecule has 1 amide bonds. The smallest absolute Gasteiger partial charge is 0.253 e. The van der Waals surface area contributed by atoms with Gasteiger partial charge in [0.05, 0.1) is 21.6 Å². The summed E-state index contributed by atoms with van der Waals surface area (Å²) in [4.78, 5) is 33.7. The number of piperazine rings is 1. The van der Waals surface area contributed by atoms with Crippen molar-refractivity contribution in [2.45, 2.75) is 0 Å². The van der Waals surface area contributed by atoms with Crippen molar-refractivity contribution < 1.29 is 4.79 Å². The van der Waals surface area contributed by atoms with Crippen molar-refractivity contribution in [2.75, 3.05) is 31.1 Å². The van der Waals surface area contributed by atoms with E-state index in [0.29, 0.717) is 18.7 Å². The Bertz CT molecular complexity index is 1430. The largest absolute Gasteiger partial charge is 0.367 e. The minimum atomic E-state index is 0.0875. The van der Waals surface area contributed by atoms with Crippen LogP contribution in [0.5, 0.6) is 0 Å². The Balaban J connectivity index is 1.28. The number of carbonyl (C=O) groups is 1. The van der Waals surface area contributed by atoms with Crippen LogP contribution in [0.4, 0.5) is 5.69 Å². The van der Waals surface area contributed by atoms with Gasteiger partial charge in [0, 0.05) is 31.7 Å². The predicted octanol–water partition coefficient (Wildman–Crippen LogP) is 5.44. The maximum atomic E-state index is 12.8. The standard InChI is InChI=1S/C26H21N5OS2/c32-26(18-6-2-1-3-7-18)31-12-10-30(11-13-31)19-16-20-25(27-17-19)29-24(22-9-5-15-34-22)23(28-20)21-8-4-14-33-21/h1-9,14-17H,10-13H2. The van der Waals surface area contributed by atoms with Gasteiger partial charge in [-0.3, -0.25) is 4.79 Å². The zero-order valence-electron chi connectivity index (χ0n) is 18.3. The molecule has 8 heteroatoms. The normalized spacial score (nSPS) is 14.0. The first-order chi connectivity index (χ1) is 16.8. The summed E-state index contributed by atoms with van der Waals surface area (Å²) in [6, 6.07) is 19.8. The second kappa shape index (κ2) is 8.96. The summed E-state index contributed by atoms with van der Waals surface area (Å²) >= 11 is 3.32. The Kier molecular flexibility index (Phi) is 5.52. The molecule has 0 spiro atoms. The van der Waals surface area contributed by atoms with E-state index in [9.17, 15) is 4.79 Å². The molecule has 6 nitrogen and oxygen atoms in total. The van der Waals surface area contributed by atoms with E-state index in [1.807, 2.05) is 53.6 Å². The molecule has 1 aliphatic rings. The van der Waals surface area contributed by atoms with Gasteiger partial charge in [-0.15, -0.1) is 22.7 Å². The fraction of sp³-hybridized carbons (Fsp3) is 0.154. The molecule has 1 fully saturated rings. The van der Waals surface area contributed by atoms with Crippen LogP contribution in [0, 0.1) is 0 Å². The van der Waals surface area contributed by atoms with Crippen molar-refractivity contribution in [2.24, 2.45) is 0 Å². The second-order valence-electron chi connectivity index (χ2n) is 8.06. The lowest BCUT2D eigenvalue weighted by Gasteiger charge is -2.36. The van der Waals surface area contributed by atoms with Gasteiger partial charge in [0.2, 0.25) is 0 Å². The number of rotatable bonds is 4. The predicted molar refractivity (Wildman–Crippen MR) is 139 cm³/mol. The first-order valence-corrected chi connectivity index (χ1v) is 12.9. The van der Waals surface area contributed by atoms with Gasteiger partial charge in [-0.25, -0.2) is 15.0 Å². The van der Waals surface area contributed by atoms with Crippen molar-refractivity contribution in [3.05, 3.63) is 83.2 Å². The van der Waals surface area contributed by atoms with E-state index >= 15 is 0 Å². The molecule has 0 aliphatic carbocycles. The fourth-order valence-electron chi connectivity index (χ4n) is 4.21. The molecule has 34 heavy (non-hydrogen) atoms. The number of fused-ring (bicyclic) bond motifs is 1. The maximum Gasteiger partial charge on any atom is 0.253 e. The minimum absolute atomic E-state index is 0.0875. The van der Waals surface area contributed by atoms with Crippen LogP contribution >= 0.6 is 22.7 Å². The van der Waals surface area contributed by atoms with E-state index in [-0.39, 0.29) is 5.91 Å². The van der Waals surface area contributed by atoms with Crippen molar-refractivity contribution >= 4 is 45.4 Å². The second-order valence-corrected chi connectivity index (χ2v) is 9.95. The lowest BCUT2D eigenvalue weighted by atomic mass is 10.1.